The van der Waals surface area contributed by atoms with Crippen molar-refractivity contribution in [1.82, 2.24) is 0 Å². The standard InChI is InChI=1S/C21H11Cl3FNO3S/c22-13-3-1-12(2-4-13)21(27)20-11-26(15-6-7-16(23)17(24)10-15)18-9-14(25)5-8-19(18)30(20,28)29/h1-11H. The molecule has 0 saturated carbocycles. The van der Waals surface area contributed by atoms with E-state index in [9.17, 15) is 17.6 Å². The summed E-state index contributed by atoms with van der Waals surface area (Å²) < 4.78 is 40.3. The number of rotatable bonds is 3. The average Bonchev–Trinajstić information content (AvgIpc) is 2.70. The van der Waals surface area contributed by atoms with Crippen LogP contribution in [0.1, 0.15) is 10.4 Å². The molecule has 0 N–H and O–H groups in total. The van der Waals surface area contributed by atoms with Gasteiger partial charge in [0, 0.05) is 22.5 Å². The van der Waals surface area contributed by atoms with E-state index in [1.165, 1.54) is 41.3 Å². The number of allylic oxidation sites excluding steroid dienone is 1. The lowest BCUT2D eigenvalue weighted by atomic mass is 10.1. The molecule has 152 valence electrons. The number of ketones is 1. The minimum absolute atomic E-state index is 0.0565. The summed E-state index contributed by atoms with van der Waals surface area (Å²) in [4.78, 5) is 13.8. The number of nitrogens with zero attached hydrogens (tertiary/aromatic N) is 1. The summed E-state index contributed by atoms with van der Waals surface area (Å²) in [5.41, 5.74) is 0.613. The maximum Gasteiger partial charge on any atom is 0.214 e. The fourth-order valence-electron chi connectivity index (χ4n) is 3.05. The van der Waals surface area contributed by atoms with Gasteiger partial charge in [-0.05, 0) is 60.7 Å². The second-order valence-electron chi connectivity index (χ2n) is 6.41. The van der Waals surface area contributed by atoms with E-state index in [1.54, 1.807) is 6.07 Å². The second-order valence-corrected chi connectivity index (χ2v) is 9.55. The molecule has 0 saturated heterocycles. The Kier molecular flexibility index (Phi) is 5.36. The number of hydrogen-bond donors (Lipinski definition) is 0. The van der Waals surface area contributed by atoms with Crippen molar-refractivity contribution < 1.29 is 17.6 Å². The Bertz CT molecular complexity index is 1320. The third kappa shape index (κ3) is 3.61. The third-order valence-electron chi connectivity index (χ3n) is 4.52. The number of sulfone groups is 1. The Labute approximate surface area is 187 Å². The summed E-state index contributed by atoms with van der Waals surface area (Å²) in [6.07, 6.45) is 1.16. The van der Waals surface area contributed by atoms with Crippen LogP contribution in [0, 0.1) is 5.82 Å². The number of carbonyl (C=O) groups excluding carboxylic acids is 1. The molecule has 4 nitrogen and oxygen atoms in total. The Hall–Kier alpha value is -2.38. The SMILES string of the molecule is O=C(C1=CN(c2ccc(Cl)c(Cl)c2)c2cc(F)ccc2S1(=O)=O)c1ccc(Cl)cc1. The van der Waals surface area contributed by atoms with Gasteiger partial charge in [0.25, 0.3) is 0 Å². The molecule has 0 radical (unpaired) electrons. The largest absolute Gasteiger partial charge is 0.314 e. The first-order valence-corrected chi connectivity index (χ1v) is 11.1. The van der Waals surface area contributed by atoms with E-state index < -0.39 is 26.3 Å². The van der Waals surface area contributed by atoms with Gasteiger partial charge in [-0.15, -0.1) is 0 Å². The summed E-state index contributed by atoms with van der Waals surface area (Å²) in [7, 11) is -4.21. The first-order chi connectivity index (χ1) is 14.2. The molecule has 0 atom stereocenters. The number of halogens is 4. The van der Waals surface area contributed by atoms with Crippen LogP contribution in [0.3, 0.4) is 0 Å². The molecule has 0 aliphatic carbocycles. The maximum absolute atomic E-state index is 14.0. The van der Waals surface area contributed by atoms with Crippen LogP contribution in [-0.4, -0.2) is 14.2 Å². The van der Waals surface area contributed by atoms with Crippen molar-refractivity contribution in [3.63, 3.8) is 0 Å². The van der Waals surface area contributed by atoms with E-state index in [2.05, 4.69) is 0 Å². The van der Waals surface area contributed by atoms with Gasteiger partial charge in [-0.1, -0.05) is 34.8 Å². The van der Waals surface area contributed by atoms with Crippen LogP contribution in [0.25, 0.3) is 0 Å². The molecular formula is C21H11Cl3FNO3S. The quantitative estimate of drug-likeness (QED) is 0.319. The summed E-state index contributed by atoms with van der Waals surface area (Å²) in [5.74, 6) is -1.35. The van der Waals surface area contributed by atoms with Crippen molar-refractivity contribution >= 4 is 61.8 Å². The first kappa shape index (κ1) is 20.9. The predicted octanol–water partition coefficient (Wildman–Crippen LogP) is 6.44. The van der Waals surface area contributed by atoms with Crippen LogP contribution in [0.4, 0.5) is 15.8 Å². The third-order valence-corrected chi connectivity index (χ3v) is 7.30. The van der Waals surface area contributed by atoms with E-state index in [0.717, 1.165) is 24.4 Å². The fraction of sp³-hybridized carbons (Fsp3) is 0. The van der Waals surface area contributed by atoms with Crippen molar-refractivity contribution in [2.24, 2.45) is 0 Å². The lowest BCUT2D eigenvalue weighted by Crippen LogP contribution is -2.26. The zero-order chi connectivity index (χ0) is 21.6. The summed E-state index contributed by atoms with van der Waals surface area (Å²) in [6, 6.07) is 13.7. The van der Waals surface area contributed by atoms with Gasteiger partial charge in [-0.2, -0.15) is 0 Å². The monoisotopic (exact) mass is 481 g/mol. The number of Topliss-reactive ketones (excluding diaryl/α,β-unsaturated/α-hetero) is 1. The lowest BCUT2D eigenvalue weighted by molar-refractivity contribution is 0.104. The fourth-order valence-corrected chi connectivity index (χ4v) is 4.99. The average molecular weight is 483 g/mol. The molecule has 0 aromatic heterocycles. The van der Waals surface area contributed by atoms with Gasteiger partial charge in [-0.25, -0.2) is 12.8 Å². The van der Waals surface area contributed by atoms with E-state index in [4.69, 9.17) is 34.8 Å². The Balaban J connectivity index is 1.94. The topological polar surface area (TPSA) is 54.5 Å². The highest BCUT2D eigenvalue weighted by Crippen LogP contribution is 2.42. The number of anilines is 2. The van der Waals surface area contributed by atoms with Gasteiger partial charge in [0.1, 0.15) is 10.7 Å². The molecule has 4 rings (SSSR count). The van der Waals surface area contributed by atoms with Gasteiger partial charge in [0.05, 0.1) is 20.6 Å². The number of fused-ring (bicyclic) bond motifs is 1. The number of benzene rings is 3. The van der Waals surface area contributed by atoms with Crippen LogP contribution in [-0.2, 0) is 9.84 Å². The highest BCUT2D eigenvalue weighted by molar-refractivity contribution is 7.96. The molecule has 3 aromatic rings. The van der Waals surface area contributed by atoms with Crippen LogP contribution in [0.15, 0.2) is 76.7 Å². The van der Waals surface area contributed by atoms with Gasteiger partial charge in [-0.3, -0.25) is 4.79 Å². The smallest absolute Gasteiger partial charge is 0.214 e. The molecule has 0 amide bonds. The summed E-state index contributed by atoms with van der Waals surface area (Å²) >= 11 is 17.9. The molecular weight excluding hydrogens is 472 g/mol. The van der Waals surface area contributed by atoms with Crippen molar-refractivity contribution in [1.29, 1.82) is 0 Å². The highest BCUT2D eigenvalue weighted by Gasteiger charge is 2.36. The number of carbonyl (C=O) groups is 1. The van der Waals surface area contributed by atoms with Gasteiger partial charge < -0.3 is 4.90 Å². The van der Waals surface area contributed by atoms with E-state index in [0.29, 0.717) is 15.7 Å². The molecule has 0 fully saturated rings. The molecule has 30 heavy (non-hydrogen) atoms. The Morgan fingerprint density at radius 3 is 2.23 bits per heavy atom. The maximum atomic E-state index is 14.0. The molecule has 0 unspecified atom stereocenters. The van der Waals surface area contributed by atoms with Crippen LogP contribution in [0.5, 0.6) is 0 Å². The van der Waals surface area contributed by atoms with Crippen molar-refractivity contribution in [2.75, 3.05) is 4.90 Å². The van der Waals surface area contributed by atoms with Crippen LogP contribution in [0.2, 0.25) is 15.1 Å². The van der Waals surface area contributed by atoms with E-state index in [-0.39, 0.29) is 21.2 Å². The van der Waals surface area contributed by atoms with Crippen LogP contribution >= 0.6 is 34.8 Å². The Morgan fingerprint density at radius 1 is 0.867 bits per heavy atom. The molecule has 1 heterocycles. The predicted molar refractivity (Wildman–Crippen MR) is 116 cm³/mol. The molecule has 1 aliphatic heterocycles. The minimum atomic E-state index is -4.21. The molecule has 0 bridgehead atoms. The van der Waals surface area contributed by atoms with Crippen molar-refractivity contribution in [2.45, 2.75) is 4.90 Å². The molecule has 1 aliphatic rings. The van der Waals surface area contributed by atoms with Crippen LogP contribution < -0.4 is 4.90 Å². The second kappa shape index (κ2) is 7.71. The van der Waals surface area contributed by atoms with Gasteiger partial charge >= 0.3 is 0 Å². The van der Waals surface area contributed by atoms with Gasteiger partial charge in [0.2, 0.25) is 15.6 Å². The lowest BCUT2D eigenvalue weighted by Gasteiger charge is -2.29. The Morgan fingerprint density at radius 2 is 1.57 bits per heavy atom. The van der Waals surface area contributed by atoms with E-state index in [1.807, 2.05) is 0 Å². The van der Waals surface area contributed by atoms with E-state index >= 15 is 0 Å². The van der Waals surface area contributed by atoms with Gasteiger partial charge in [0.15, 0.2) is 0 Å². The zero-order valence-corrected chi connectivity index (χ0v) is 18.0. The van der Waals surface area contributed by atoms with Crippen molar-refractivity contribution in [3.05, 3.63) is 98.2 Å². The highest BCUT2D eigenvalue weighted by atomic mass is 35.5. The molecule has 3 aromatic carbocycles. The summed E-state index contributed by atoms with van der Waals surface area (Å²) in [6.45, 7) is 0. The minimum Gasteiger partial charge on any atom is -0.314 e. The molecule has 0 spiro atoms. The normalized spacial score (nSPS) is 14.8. The summed E-state index contributed by atoms with van der Waals surface area (Å²) in [5, 5.41) is 0.927. The zero-order valence-electron chi connectivity index (χ0n) is 14.9. The first-order valence-electron chi connectivity index (χ1n) is 8.49. The number of hydrogen-bond acceptors (Lipinski definition) is 4. The molecule has 9 heteroatoms. The van der Waals surface area contributed by atoms with Crippen molar-refractivity contribution in [3.8, 4) is 0 Å².